The van der Waals surface area contributed by atoms with E-state index in [0.717, 1.165) is 47.3 Å². The summed E-state index contributed by atoms with van der Waals surface area (Å²) in [6, 6.07) is 5.50. The maximum absolute atomic E-state index is 11.5. The van der Waals surface area contributed by atoms with Crippen molar-refractivity contribution in [3.05, 3.63) is 40.1 Å². The van der Waals surface area contributed by atoms with E-state index in [4.69, 9.17) is 4.74 Å². The van der Waals surface area contributed by atoms with Gasteiger partial charge in [-0.25, -0.2) is 9.78 Å². The molecular formula is C16H19N3O3S. The third-order valence-electron chi connectivity index (χ3n) is 3.17. The van der Waals surface area contributed by atoms with Crippen molar-refractivity contribution in [2.75, 3.05) is 7.11 Å². The standard InChI is InChI=1S/C16H19N3O3S/c1-4-5-14-17-16(19-18-14)23-13(15(20)21)9-11-6-7-12(22-3)8-10(11)2/h6-9H,4-5H2,1-3H3,(H,20,21)(H,17,18,19)/b13-9-. The largest absolute Gasteiger partial charge is 0.497 e. The summed E-state index contributed by atoms with van der Waals surface area (Å²) in [4.78, 5) is 15.9. The summed E-state index contributed by atoms with van der Waals surface area (Å²) in [6.45, 7) is 3.95. The van der Waals surface area contributed by atoms with Crippen molar-refractivity contribution in [3.8, 4) is 5.75 Å². The van der Waals surface area contributed by atoms with Gasteiger partial charge in [-0.15, -0.1) is 5.10 Å². The first-order valence-corrected chi connectivity index (χ1v) is 8.04. The third kappa shape index (κ3) is 4.59. The van der Waals surface area contributed by atoms with Gasteiger partial charge in [0.15, 0.2) is 0 Å². The molecule has 23 heavy (non-hydrogen) atoms. The number of methoxy groups -OCH3 is 1. The van der Waals surface area contributed by atoms with E-state index in [1.807, 2.05) is 26.0 Å². The molecule has 1 aromatic carbocycles. The number of H-pyrrole nitrogens is 1. The minimum atomic E-state index is -1.01. The zero-order valence-corrected chi connectivity index (χ0v) is 14.1. The number of ether oxygens (including phenoxy) is 1. The number of hydrogen-bond acceptors (Lipinski definition) is 5. The van der Waals surface area contributed by atoms with Crippen LogP contribution in [0.1, 0.15) is 30.3 Å². The minimum absolute atomic E-state index is 0.167. The molecule has 0 atom stereocenters. The summed E-state index contributed by atoms with van der Waals surface area (Å²) in [5.74, 6) is 0.495. The average Bonchev–Trinajstić information content (AvgIpc) is 2.96. The Balaban J connectivity index is 2.25. The van der Waals surface area contributed by atoms with E-state index < -0.39 is 5.97 Å². The first-order chi connectivity index (χ1) is 11.0. The predicted molar refractivity (Wildman–Crippen MR) is 89.6 cm³/mol. The van der Waals surface area contributed by atoms with Gasteiger partial charge in [0.1, 0.15) is 16.5 Å². The monoisotopic (exact) mass is 333 g/mol. The number of hydrogen-bond donors (Lipinski definition) is 2. The second kappa shape index (κ2) is 7.82. The maximum atomic E-state index is 11.5. The van der Waals surface area contributed by atoms with Gasteiger partial charge in [-0.3, -0.25) is 5.10 Å². The number of carbonyl (C=O) groups is 1. The third-order valence-corrected chi connectivity index (χ3v) is 4.05. The van der Waals surface area contributed by atoms with Gasteiger partial charge in [0.25, 0.3) is 0 Å². The van der Waals surface area contributed by atoms with Gasteiger partial charge in [-0.05, 0) is 54.4 Å². The van der Waals surface area contributed by atoms with E-state index in [1.54, 1.807) is 19.3 Å². The number of benzene rings is 1. The number of aliphatic carboxylic acids is 1. The van der Waals surface area contributed by atoms with E-state index in [-0.39, 0.29) is 4.91 Å². The fourth-order valence-electron chi connectivity index (χ4n) is 1.98. The molecule has 0 saturated heterocycles. The minimum Gasteiger partial charge on any atom is -0.497 e. The van der Waals surface area contributed by atoms with Gasteiger partial charge in [0.05, 0.1) is 7.11 Å². The molecule has 0 unspecified atom stereocenters. The van der Waals surface area contributed by atoms with Gasteiger partial charge >= 0.3 is 5.97 Å². The molecule has 2 N–H and O–H groups in total. The molecule has 0 amide bonds. The summed E-state index contributed by atoms with van der Waals surface area (Å²) < 4.78 is 5.16. The highest BCUT2D eigenvalue weighted by atomic mass is 32.2. The summed E-state index contributed by atoms with van der Waals surface area (Å²) in [5.41, 5.74) is 1.75. The average molecular weight is 333 g/mol. The molecular weight excluding hydrogens is 314 g/mol. The van der Waals surface area contributed by atoms with E-state index in [1.165, 1.54) is 0 Å². The molecule has 0 radical (unpaired) electrons. The van der Waals surface area contributed by atoms with E-state index >= 15 is 0 Å². The second-order valence-corrected chi connectivity index (χ2v) is 5.96. The van der Waals surface area contributed by atoms with Crippen molar-refractivity contribution >= 4 is 23.8 Å². The summed E-state index contributed by atoms with van der Waals surface area (Å²) in [5, 5.41) is 16.7. The van der Waals surface area contributed by atoms with Crippen LogP contribution in [-0.2, 0) is 11.2 Å². The van der Waals surface area contributed by atoms with Gasteiger partial charge in [0.2, 0.25) is 5.16 Å². The summed E-state index contributed by atoms with van der Waals surface area (Å²) in [6.07, 6.45) is 3.36. The molecule has 0 bridgehead atoms. The lowest BCUT2D eigenvalue weighted by atomic mass is 10.1. The van der Waals surface area contributed by atoms with E-state index in [9.17, 15) is 9.90 Å². The Morgan fingerprint density at radius 2 is 2.26 bits per heavy atom. The molecule has 0 aliphatic carbocycles. The maximum Gasteiger partial charge on any atom is 0.342 e. The van der Waals surface area contributed by atoms with E-state index in [2.05, 4.69) is 15.2 Å². The molecule has 1 aromatic heterocycles. The number of aromatic amines is 1. The van der Waals surface area contributed by atoms with Crippen LogP contribution < -0.4 is 4.74 Å². The number of rotatable bonds is 7. The van der Waals surface area contributed by atoms with Crippen LogP contribution in [0.3, 0.4) is 0 Å². The van der Waals surface area contributed by atoms with Crippen molar-refractivity contribution in [3.63, 3.8) is 0 Å². The molecule has 6 nitrogen and oxygen atoms in total. The smallest absolute Gasteiger partial charge is 0.342 e. The van der Waals surface area contributed by atoms with Crippen molar-refractivity contribution in [1.82, 2.24) is 15.2 Å². The number of thioether (sulfide) groups is 1. The number of aromatic nitrogens is 3. The lowest BCUT2D eigenvalue weighted by Gasteiger charge is -2.05. The van der Waals surface area contributed by atoms with Gasteiger partial charge in [0, 0.05) is 6.42 Å². The Morgan fingerprint density at radius 3 is 2.87 bits per heavy atom. The van der Waals surface area contributed by atoms with Crippen LogP contribution in [0.25, 0.3) is 6.08 Å². The van der Waals surface area contributed by atoms with Crippen LogP contribution in [0.2, 0.25) is 0 Å². The number of carboxylic acids is 1. The highest BCUT2D eigenvalue weighted by Crippen LogP contribution is 2.27. The summed E-state index contributed by atoms with van der Waals surface area (Å²) in [7, 11) is 1.60. The first kappa shape index (κ1) is 17.1. The molecule has 1 heterocycles. The number of carboxylic acid groups (broad SMARTS) is 1. The fourth-order valence-corrected chi connectivity index (χ4v) is 2.70. The quantitative estimate of drug-likeness (QED) is 0.597. The molecule has 0 fully saturated rings. The number of nitrogens with zero attached hydrogens (tertiary/aromatic N) is 2. The van der Waals surface area contributed by atoms with Crippen molar-refractivity contribution in [2.24, 2.45) is 0 Å². The molecule has 0 aliphatic rings. The zero-order chi connectivity index (χ0) is 16.8. The molecule has 0 spiro atoms. The normalized spacial score (nSPS) is 11.5. The molecule has 2 aromatic rings. The Bertz CT molecular complexity index is 725. The topological polar surface area (TPSA) is 88.1 Å². The van der Waals surface area contributed by atoms with Gasteiger partial charge in [-0.2, -0.15) is 0 Å². The molecule has 0 saturated carbocycles. The van der Waals surface area contributed by atoms with Crippen LogP contribution in [0, 0.1) is 6.92 Å². The first-order valence-electron chi connectivity index (χ1n) is 7.22. The predicted octanol–water partition coefficient (Wildman–Crippen LogP) is 3.29. The van der Waals surface area contributed by atoms with Crippen LogP contribution >= 0.6 is 11.8 Å². The zero-order valence-electron chi connectivity index (χ0n) is 13.3. The Morgan fingerprint density at radius 1 is 1.48 bits per heavy atom. The summed E-state index contributed by atoms with van der Waals surface area (Å²) >= 11 is 1.03. The molecule has 0 aliphatic heterocycles. The lowest BCUT2D eigenvalue weighted by molar-refractivity contribution is -0.131. The van der Waals surface area contributed by atoms with Crippen LogP contribution in [0.4, 0.5) is 0 Å². The SMILES string of the molecule is CCCc1nc(S/C(=C\c2ccc(OC)cc2C)C(=O)O)n[nH]1. The molecule has 2 rings (SSSR count). The van der Waals surface area contributed by atoms with E-state index in [0.29, 0.717) is 5.16 Å². The van der Waals surface area contributed by atoms with Crippen LogP contribution in [0.15, 0.2) is 28.3 Å². The highest BCUT2D eigenvalue weighted by molar-refractivity contribution is 8.04. The van der Waals surface area contributed by atoms with Crippen LogP contribution in [-0.4, -0.2) is 33.4 Å². The molecule has 122 valence electrons. The second-order valence-electron chi connectivity index (χ2n) is 4.95. The van der Waals surface area contributed by atoms with Crippen molar-refractivity contribution in [2.45, 2.75) is 31.8 Å². The van der Waals surface area contributed by atoms with Crippen molar-refractivity contribution in [1.29, 1.82) is 0 Å². The van der Waals surface area contributed by atoms with Crippen molar-refractivity contribution < 1.29 is 14.6 Å². The van der Waals surface area contributed by atoms with Gasteiger partial charge < -0.3 is 9.84 Å². The highest BCUT2D eigenvalue weighted by Gasteiger charge is 2.14. The lowest BCUT2D eigenvalue weighted by Crippen LogP contribution is -1.98. The Kier molecular flexibility index (Phi) is 5.81. The van der Waals surface area contributed by atoms with Gasteiger partial charge in [-0.1, -0.05) is 13.0 Å². The Labute approximate surface area is 139 Å². The number of nitrogens with one attached hydrogen (secondary N) is 1. The Hall–Kier alpha value is -2.28. The molecule has 7 heteroatoms. The van der Waals surface area contributed by atoms with Crippen LogP contribution in [0.5, 0.6) is 5.75 Å². The number of aryl methyl sites for hydroxylation is 2. The fraction of sp³-hybridized carbons (Fsp3) is 0.312.